The van der Waals surface area contributed by atoms with Gasteiger partial charge in [0, 0.05) is 36.8 Å². The number of nitrogens with one attached hydrogen (secondary N) is 1. The summed E-state index contributed by atoms with van der Waals surface area (Å²) in [6.07, 6.45) is 11.6. The lowest BCUT2D eigenvalue weighted by Gasteiger charge is -2.25. The molecule has 0 saturated carbocycles. The zero-order valence-corrected chi connectivity index (χ0v) is 19.7. The molecule has 1 aliphatic carbocycles. The molecule has 2 aliphatic rings. The predicted octanol–water partition coefficient (Wildman–Crippen LogP) is 4.57. The molecule has 8 nitrogen and oxygen atoms in total. The number of aromatic nitrogens is 3. The molecular weight excluding hydrogens is 424 g/mol. The lowest BCUT2D eigenvalue weighted by molar-refractivity contribution is 0.100. The van der Waals surface area contributed by atoms with Crippen LogP contribution in [0.1, 0.15) is 64.3 Å². The Morgan fingerprint density at radius 1 is 1.12 bits per heavy atom. The molecule has 1 fully saturated rings. The Kier molecular flexibility index (Phi) is 7.14. The molecule has 4 heterocycles. The van der Waals surface area contributed by atoms with Crippen LogP contribution in [0.15, 0.2) is 22.7 Å². The maximum absolute atomic E-state index is 10.9. The fourth-order valence-electron chi connectivity index (χ4n) is 4.10. The first-order valence-corrected chi connectivity index (χ1v) is 12.2. The SMILES string of the molecule is Cc1cc(Nc2ncc(N3CCCCC3)o2)nn1C.NC(=O)c1cc2c(s1)CCCCC2. The number of primary amides is 1. The molecule has 0 spiro atoms. The van der Waals surface area contributed by atoms with Crippen LogP contribution in [0.25, 0.3) is 0 Å². The smallest absolute Gasteiger partial charge is 0.302 e. The standard InChI is InChI=1S/C13H19N5O.C10H13NOS/c1-10-8-11(16-17(10)2)15-13-14-9-12(19-13)18-6-4-3-5-7-18;11-10(12)9-6-7-4-2-1-3-5-8(7)13-9/h8-9H,3-7H2,1-2H3,(H,14,15,16);6H,1-5H2,(H2,11,12). The number of hydrogen-bond donors (Lipinski definition) is 2. The highest BCUT2D eigenvalue weighted by Gasteiger charge is 2.16. The second-order valence-corrected chi connectivity index (χ2v) is 9.59. The molecule has 3 aromatic heterocycles. The summed E-state index contributed by atoms with van der Waals surface area (Å²) in [6.45, 7) is 4.11. The van der Waals surface area contributed by atoms with Crippen LogP contribution in [0, 0.1) is 6.92 Å². The Bertz CT molecular complexity index is 1000. The van der Waals surface area contributed by atoms with Gasteiger partial charge in [-0.2, -0.15) is 10.1 Å². The quantitative estimate of drug-likeness (QED) is 0.558. The summed E-state index contributed by atoms with van der Waals surface area (Å²) in [5.74, 6) is 1.32. The highest BCUT2D eigenvalue weighted by molar-refractivity contribution is 7.14. The van der Waals surface area contributed by atoms with Crippen LogP contribution in [0.5, 0.6) is 0 Å². The Labute approximate surface area is 192 Å². The first kappa shape index (κ1) is 22.4. The van der Waals surface area contributed by atoms with Crippen LogP contribution >= 0.6 is 11.3 Å². The second kappa shape index (κ2) is 10.2. The molecule has 3 N–H and O–H groups in total. The molecular formula is C23H32N6O2S. The van der Waals surface area contributed by atoms with Crippen molar-refractivity contribution in [3.05, 3.63) is 39.3 Å². The van der Waals surface area contributed by atoms with Crippen LogP contribution < -0.4 is 16.0 Å². The first-order chi connectivity index (χ1) is 15.5. The Hall–Kier alpha value is -2.81. The number of hydrogen-bond acceptors (Lipinski definition) is 7. The van der Waals surface area contributed by atoms with Gasteiger partial charge in [-0.25, -0.2) is 0 Å². The maximum atomic E-state index is 10.9. The number of aryl methyl sites for hydroxylation is 4. The van der Waals surface area contributed by atoms with E-state index in [1.54, 1.807) is 17.5 Å². The summed E-state index contributed by atoms with van der Waals surface area (Å²) < 4.78 is 7.55. The van der Waals surface area contributed by atoms with Crippen molar-refractivity contribution in [1.82, 2.24) is 14.8 Å². The first-order valence-electron chi connectivity index (χ1n) is 11.4. The van der Waals surface area contributed by atoms with Gasteiger partial charge in [-0.1, -0.05) is 6.42 Å². The van der Waals surface area contributed by atoms with E-state index in [2.05, 4.69) is 20.3 Å². The van der Waals surface area contributed by atoms with E-state index < -0.39 is 0 Å². The third kappa shape index (κ3) is 5.51. The van der Waals surface area contributed by atoms with E-state index in [-0.39, 0.29) is 5.91 Å². The molecule has 5 rings (SSSR count). The Balaban J connectivity index is 0.000000165. The zero-order valence-electron chi connectivity index (χ0n) is 18.9. The van der Waals surface area contributed by atoms with Crippen LogP contribution in [-0.4, -0.2) is 33.8 Å². The number of fused-ring (bicyclic) bond motifs is 1. The van der Waals surface area contributed by atoms with Crippen LogP contribution in [0.3, 0.4) is 0 Å². The average molecular weight is 457 g/mol. The number of carbonyl (C=O) groups is 1. The summed E-state index contributed by atoms with van der Waals surface area (Å²) in [6, 6.07) is 4.44. The number of nitrogens with two attached hydrogens (primary N) is 1. The summed E-state index contributed by atoms with van der Waals surface area (Å²) in [7, 11) is 1.91. The molecule has 172 valence electrons. The van der Waals surface area contributed by atoms with E-state index >= 15 is 0 Å². The summed E-state index contributed by atoms with van der Waals surface area (Å²) in [4.78, 5) is 19.5. The van der Waals surface area contributed by atoms with Gasteiger partial charge in [0.1, 0.15) is 0 Å². The Morgan fingerprint density at radius 2 is 1.88 bits per heavy atom. The van der Waals surface area contributed by atoms with E-state index in [4.69, 9.17) is 10.2 Å². The van der Waals surface area contributed by atoms with E-state index in [1.165, 1.54) is 49.0 Å². The molecule has 9 heteroatoms. The van der Waals surface area contributed by atoms with Crippen LogP contribution in [-0.2, 0) is 19.9 Å². The summed E-state index contributed by atoms with van der Waals surface area (Å²) >= 11 is 1.58. The molecule has 1 aliphatic heterocycles. The minimum atomic E-state index is -0.280. The minimum absolute atomic E-state index is 0.280. The van der Waals surface area contributed by atoms with Gasteiger partial charge < -0.3 is 15.1 Å². The van der Waals surface area contributed by atoms with E-state index in [1.807, 2.05) is 30.8 Å². The number of nitrogens with zero attached hydrogens (tertiary/aromatic N) is 4. The maximum Gasteiger partial charge on any atom is 0.302 e. The third-order valence-electron chi connectivity index (χ3n) is 6.00. The van der Waals surface area contributed by atoms with Crippen molar-refractivity contribution in [2.75, 3.05) is 23.3 Å². The van der Waals surface area contributed by atoms with Crippen molar-refractivity contribution in [1.29, 1.82) is 0 Å². The lowest BCUT2D eigenvalue weighted by Crippen LogP contribution is -2.28. The van der Waals surface area contributed by atoms with Crippen molar-refractivity contribution in [2.45, 2.75) is 58.3 Å². The predicted molar refractivity (Wildman–Crippen MR) is 128 cm³/mol. The van der Waals surface area contributed by atoms with Crippen molar-refractivity contribution >= 4 is 35.0 Å². The van der Waals surface area contributed by atoms with Crippen molar-refractivity contribution in [2.24, 2.45) is 12.8 Å². The van der Waals surface area contributed by atoms with E-state index in [0.717, 1.165) is 48.2 Å². The van der Waals surface area contributed by atoms with Gasteiger partial charge in [-0.05, 0) is 63.5 Å². The normalized spacial score (nSPS) is 16.0. The second-order valence-electron chi connectivity index (χ2n) is 8.45. The van der Waals surface area contributed by atoms with Gasteiger partial charge in [-0.15, -0.1) is 11.3 Å². The molecule has 0 aromatic carbocycles. The number of oxazole rings is 1. The number of anilines is 3. The molecule has 0 unspecified atom stereocenters. The van der Waals surface area contributed by atoms with Crippen molar-refractivity contribution in [3.8, 4) is 0 Å². The molecule has 0 radical (unpaired) electrons. The summed E-state index contributed by atoms with van der Waals surface area (Å²) in [5.41, 5.74) is 7.68. The highest BCUT2D eigenvalue weighted by atomic mass is 32.1. The largest absolute Gasteiger partial charge is 0.407 e. The molecule has 32 heavy (non-hydrogen) atoms. The van der Waals surface area contributed by atoms with Gasteiger partial charge >= 0.3 is 6.01 Å². The van der Waals surface area contributed by atoms with Gasteiger partial charge in [-0.3, -0.25) is 14.8 Å². The van der Waals surface area contributed by atoms with Crippen LogP contribution in [0.2, 0.25) is 0 Å². The van der Waals surface area contributed by atoms with E-state index in [9.17, 15) is 4.79 Å². The fraction of sp³-hybridized carbons (Fsp3) is 0.522. The number of piperidine rings is 1. The van der Waals surface area contributed by atoms with E-state index in [0.29, 0.717) is 6.01 Å². The van der Waals surface area contributed by atoms with Gasteiger partial charge in [0.15, 0.2) is 5.82 Å². The monoisotopic (exact) mass is 456 g/mol. The topological polar surface area (TPSA) is 102 Å². The molecule has 0 atom stereocenters. The van der Waals surface area contributed by atoms with Crippen molar-refractivity contribution in [3.63, 3.8) is 0 Å². The number of rotatable bonds is 4. The average Bonchev–Trinajstić information content (AvgIpc) is 3.45. The zero-order chi connectivity index (χ0) is 22.5. The number of amides is 1. The molecule has 3 aromatic rings. The minimum Gasteiger partial charge on any atom is -0.407 e. The number of carbonyl (C=O) groups excluding carboxylic acids is 1. The van der Waals surface area contributed by atoms with Crippen LogP contribution in [0.4, 0.5) is 17.7 Å². The summed E-state index contributed by atoms with van der Waals surface area (Å²) in [5, 5.41) is 7.41. The van der Waals surface area contributed by atoms with Gasteiger partial charge in [0.2, 0.25) is 5.88 Å². The highest BCUT2D eigenvalue weighted by Crippen LogP contribution is 2.28. The molecule has 0 bridgehead atoms. The molecule has 1 saturated heterocycles. The van der Waals surface area contributed by atoms with Gasteiger partial charge in [0.05, 0.1) is 11.1 Å². The number of thiophene rings is 1. The van der Waals surface area contributed by atoms with Crippen molar-refractivity contribution < 1.29 is 9.21 Å². The lowest BCUT2D eigenvalue weighted by atomic mass is 10.1. The fourth-order valence-corrected chi connectivity index (χ4v) is 5.21. The molecule has 1 amide bonds. The van der Waals surface area contributed by atoms with Gasteiger partial charge in [0.25, 0.3) is 5.91 Å². The Morgan fingerprint density at radius 3 is 2.59 bits per heavy atom. The third-order valence-corrected chi connectivity index (χ3v) is 7.25.